The number of nitrogens with one attached hydrogen (secondary N) is 2. The van der Waals surface area contributed by atoms with E-state index in [2.05, 4.69) is 20.6 Å². The van der Waals surface area contributed by atoms with Gasteiger partial charge in [0.2, 0.25) is 5.95 Å². The van der Waals surface area contributed by atoms with Crippen LogP contribution in [0.4, 0.5) is 11.6 Å². The van der Waals surface area contributed by atoms with Gasteiger partial charge in [0, 0.05) is 28.7 Å². The van der Waals surface area contributed by atoms with Crippen molar-refractivity contribution in [2.45, 2.75) is 26.3 Å². The number of carbonyl (C=O) groups is 2. The lowest BCUT2D eigenvalue weighted by Crippen LogP contribution is -2.49. The van der Waals surface area contributed by atoms with Gasteiger partial charge in [-0.3, -0.25) is 9.59 Å². The second-order valence-electron chi connectivity index (χ2n) is 7.00. The highest BCUT2D eigenvalue weighted by Gasteiger charge is 2.30. The molecule has 1 amide bonds. The quantitative estimate of drug-likeness (QED) is 0.639. The topological polar surface area (TPSA) is 84.0 Å². The molecule has 0 unspecified atom stereocenters. The molecule has 1 heterocycles. The average Bonchev–Trinajstić information content (AvgIpc) is 2.68. The second kappa shape index (κ2) is 8.00. The molecule has 28 heavy (non-hydrogen) atoms. The van der Waals surface area contributed by atoms with Crippen molar-refractivity contribution in [3.63, 3.8) is 0 Å². The molecule has 6 heteroatoms. The Hall–Kier alpha value is -3.54. The van der Waals surface area contributed by atoms with Crippen LogP contribution in [0.15, 0.2) is 66.9 Å². The van der Waals surface area contributed by atoms with E-state index in [1.165, 1.54) is 0 Å². The summed E-state index contributed by atoms with van der Waals surface area (Å²) in [7, 11) is 0. The summed E-state index contributed by atoms with van der Waals surface area (Å²) in [6.45, 7) is 5.27. The molecule has 0 saturated carbocycles. The summed E-state index contributed by atoms with van der Waals surface area (Å²) >= 11 is 0. The average molecular weight is 374 g/mol. The third kappa shape index (κ3) is 4.59. The number of hydrogen-bond donors (Lipinski definition) is 2. The first-order valence-corrected chi connectivity index (χ1v) is 8.94. The lowest BCUT2D eigenvalue weighted by molar-refractivity contribution is 0.0798. The molecule has 0 bridgehead atoms. The Balaban J connectivity index is 1.74. The highest BCUT2D eigenvalue weighted by Crippen LogP contribution is 2.17. The standard InChI is InChI=1S/C22H22N4O2/c1-15-12-13-23-21(24-15)25-18-11-7-10-17(14-18)20(28)26-22(2,3)19(27)16-8-5-4-6-9-16/h4-14H,1-3H3,(H,26,28)(H,23,24,25). The largest absolute Gasteiger partial charge is 0.340 e. The molecular weight excluding hydrogens is 352 g/mol. The lowest BCUT2D eigenvalue weighted by Gasteiger charge is -2.25. The van der Waals surface area contributed by atoms with Crippen molar-refractivity contribution in [3.05, 3.63) is 83.7 Å². The van der Waals surface area contributed by atoms with Crippen LogP contribution in [0.3, 0.4) is 0 Å². The molecule has 0 radical (unpaired) electrons. The van der Waals surface area contributed by atoms with Gasteiger partial charge in [-0.1, -0.05) is 36.4 Å². The maximum Gasteiger partial charge on any atom is 0.252 e. The van der Waals surface area contributed by atoms with Crippen molar-refractivity contribution < 1.29 is 9.59 Å². The zero-order chi connectivity index (χ0) is 20.1. The van der Waals surface area contributed by atoms with Crippen LogP contribution >= 0.6 is 0 Å². The van der Waals surface area contributed by atoms with E-state index in [4.69, 9.17) is 0 Å². The predicted molar refractivity (Wildman–Crippen MR) is 109 cm³/mol. The number of hydrogen-bond acceptors (Lipinski definition) is 5. The van der Waals surface area contributed by atoms with Crippen molar-refractivity contribution in [3.8, 4) is 0 Å². The minimum Gasteiger partial charge on any atom is -0.340 e. The normalized spacial score (nSPS) is 11.0. The van der Waals surface area contributed by atoms with Gasteiger partial charge in [-0.15, -0.1) is 0 Å². The summed E-state index contributed by atoms with van der Waals surface area (Å²) in [6.07, 6.45) is 1.67. The van der Waals surface area contributed by atoms with Crippen LogP contribution in [0.2, 0.25) is 0 Å². The molecule has 2 N–H and O–H groups in total. The summed E-state index contributed by atoms with van der Waals surface area (Å²) < 4.78 is 0. The van der Waals surface area contributed by atoms with Crippen LogP contribution in [-0.4, -0.2) is 27.2 Å². The molecule has 3 aromatic rings. The van der Waals surface area contributed by atoms with Crippen molar-refractivity contribution in [1.82, 2.24) is 15.3 Å². The van der Waals surface area contributed by atoms with E-state index >= 15 is 0 Å². The third-order valence-electron chi connectivity index (χ3n) is 4.21. The van der Waals surface area contributed by atoms with E-state index in [1.54, 1.807) is 68.6 Å². The van der Waals surface area contributed by atoms with Gasteiger partial charge in [-0.2, -0.15) is 0 Å². The maximum absolute atomic E-state index is 12.7. The van der Waals surface area contributed by atoms with Crippen LogP contribution in [-0.2, 0) is 0 Å². The number of Topliss-reactive ketones (excluding diaryl/α,β-unsaturated/α-hetero) is 1. The number of nitrogens with zero attached hydrogens (tertiary/aromatic N) is 2. The summed E-state index contributed by atoms with van der Waals surface area (Å²) in [5.74, 6) is -0.0240. The zero-order valence-electron chi connectivity index (χ0n) is 16.1. The number of benzene rings is 2. The van der Waals surface area contributed by atoms with Gasteiger partial charge >= 0.3 is 0 Å². The third-order valence-corrected chi connectivity index (χ3v) is 4.21. The van der Waals surface area contributed by atoms with Crippen molar-refractivity contribution in [1.29, 1.82) is 0 Å². The van der Waals surface area contributed by atoms with Crippen molar-refractivity contribution in [2.75, 3.05) is 5.32 Å². The molecule has 2 aromatic carbocycles. The lowest BCUT2D eigenvalue weighted by atomic mass is 9.92. The Morgan fingerprint density at radius 3 is 2.36 bits per heavy atom. The highest BCUT2D eigenvalue weighted by molar-refractivity contribution is 6.06. The fourth-order valence-electron chi connectivity index (χ4n) is 2.74. The van der Waals surface area contributed by atoms with Crippen molar-refractivity contribution in [2.24, 2.45) is 0 Å². The fourth-order valence-corrected chi connectivity index (χ4v) is 2.74. The summed E-state index contributed by atoms with van der Waals surface area (Å²) in [4.78, 5) is 33.9. The van der Waals surface area contributed by atoms with Gasteiger partial charge in [-0.05, 0) is 45.0 Å². The molecule has 0 aliphatic rings. The fraction of sp³-hybridized carbons (Fsp3) is 0.182. The number of amides is 1. The van der Waals surface area contributed by atoms with Gasteiger partial charge in [0.25, 0.3) is 5.91 Å². The molecule has 0 fully saturated rings. The Morgan fingerprint density at radius 2 is 1.64 bits per heavy atom. The first kappa shape index (κ1) is 19.2. The molecule has 0 atom stereocenters. The molecule has 0 aliphatic carbocycles. The predicted octanol–water partition coefficient (Wildman–Crippen LogP) is 3.92. The van der Waals surface area contributed by atoms with E-state index in [-0.39, 0.29) is 11.7 Å². The number of aromatic nitrogens is 2. The summed E-state index contributed by atoms with van der Waals surface area (Å²) in [5, 5.41) is 5.91. The van der Waals surface area contributed by atoms with Gasteiger partial charge in [0.15, 0.2) is 5.78 Å². The Kier molecular flexibility index (Phi) is 5.49. The number of anilines is 2. The summed E-state index contributed by atoms with van der Waals surface area (Å²) in [6, 6.07) is 17.7. The van der Waals surface area contributed by atoms with Gasteiger partial charge in [0.1, 0.15) is 0 Å². The number of aryl methyl sites for hydroxylation is 1. The Morgan fingerprint density at radius 1 is 0.929 bits per heavy atom. The van der Waals surface area contributed by atoms with E-state index in [0.29, 0.717) is 22.8 Å². The van der Waals surface area contributed by atoms with Crippen LogP contribution < -0.4 is 10.6 Å². The molecule has 142 valence electrons. The second-order valence-corrected chi connectivity index (χ2v) is 7.00. The monoisotopic (exact) mass is 374 g/mol. The molecule has 3 rings (SSSR count). The van der Waals surface area contributed by atoms with E-state index < -0.39 is 5.54 Å². The van der Waals surface area contributed by atoms with E-state index in [0.717, 1.165) is 5.69 Å². The number of rotatable bonds is 6. The van der Waals surface area contributed by atoms with Crippen molar-refractivity contribution >= 4 is 23.3 Å². The molecular formula is C22H22N4O2. The van der Waals surface area contributed by atoms with E-state index in [9.17, 15) is 9.59 Å². The minimum absolute atomic E-state index is 0.149. The highest BCUT2D eigenvalue weighted by atomic mass is 16.2. The molecule has 6 nitrogen and oxygen atoms in total. The smallest absolute Gasteiger partial charge is 0.252 e. The van der Waals surface area contributed by atoms with Crippen LogP contribution in [0.1, 0.15) is 40.3 Å². The summed E-state index contributed by atoms with van der Waals surface area (Å²) in [5.41, 5.74) is 1.48. The minimum atomic E-state index is -1.04. The van der Waals surface area contributed by atoms with Gasteiger partial charge < -0.3 is 10.6 Å². The van der Waals surface area contributed by atoms with Gasteiger partial charge in [-0.25, -0.2) is 9.97 Å². The van der Waals surface area contributed by atoms with Crippen LogP contribution in [0, 0.1) is 6.92 Å². The number of ketones is 1. The van der Waals surface area contributed by atoms with E-state index in [1.807, 2.05) is 19.1 Å². The Labute approximate surface area is 164 Å². The molecule has 1 aromatic heterocycles. The van der Waals surface area contributed by atoms with Crippen LogP contribution in [0.5, 0.6) is 0 Å². The first-order valence-electron chi connectivity index (χ1n) is 8.94. The molecule has 0 aliphatic heterocycles. The zero-order valence-corrected chi connectivity index (χ0v) is 16.1. The van der Waals surface area contributed by atoms with Gasteiger partial charge in [0.05, 0.1) is 5.54 Å². The maximum atomic E-state index is 12.7. The first-order chi connectivity index (χ1) is 13.3. The molecule has 0 spiro atoms. The molecule has 0 saturated heterocycles. The van der Waals surface area contributed by atoms with Crippen LogP contribution in [0.25, 0.3) is 0 Å². The number of carbonyl (C=O) groups excluding carboxylic acids is 2. The Bertz CT molecular complexity index is 1000. The SMILES string of the molecule is Cc1ccnc(Nc2cccc(C(=O)NC(C)(C)C(=O)c3ccccc3)c2)n1.